The minimum atomic E-state index is -0.366. The molecular weight excluding hydrogens is 412 g/mol. The Morgan fingerprint density at radius 2 is 1.65 bits per heavy atom. The minimum Gasteiger partial charge on any atom is -0.497 e. The van der Waals surface area contributed by atoms with Crippen LogP contribution in [0.3, 0.4) is 0 Å². The molecule has 0 radical (unpaired) electrons. The van der Waals surface area contributed by atoms with Crippen molar-refractivity contribution in [2.45, 2.75) is 6.42 Å². The summed E-state index contributed by atoms with van der Waals surface area (Å²) in [5.41, 5.74) is 2.15. The molecule has 7 heteroatoms. The van der Waals surface area contributed by atoms with Crippen LogP contribution in [0.15, 0.2) is 72.8 Å². The lowest BCUT2D eigenvalue weighted by Gasteiger charge is -2.15. The summed E-state index contributed by atoms with van der Waals surface area (Å²) < 4.78 is 16.4. The molecule has 0 spiro atoms. The summed E-state index contributed by atoms with van der Waals surface area (Å²) in [5.74, 6) is 1.34. The van der Waals surface area contributed by atoms with Gasteiger partial charge in [-0.05, 0) is 42.0 Å². The molecule has 3 aromatic rings. The highest BCUT2D eigenvalue weighted by molar-refractivity contribution is 7.80. The predicted molar refractivity (Wildman–Crippen MR) is 125 cm³/mol. The fourth-order valence-electron chi connectivity index (χ4n) is 2.94. The molecule has 31 heavy (non-hydrogen) atoms. The molecule has 0 aliphatic heterocycles. The summed E-state index contributed by atoms with van der Waals surface area (Å²) >= 11 is 5.31. The molecule has 0 heterocycles. The van der Waals surface area contributed by atoms with Crippen LogP contribution in [0, 0.1) is 0 Å². The molecule has 0 aliphatic carbocycles. The van der Waals surface area contributed by atoms with E-state index in [4.69, 9.17) is 26.4 Å². The number of carbonyl (C=O) groups excluding carboxylic acids is 1. The predicted octanol–water partition coefficient (Wildman–Crippen LogP) is 4.45. The van der Waals surface area contributed by atoms with Crippen LogP contribution in [-0.2, 0) is 6.42 Å². The fraction of sp³-hybridized carbons (Fsp3) is 0.167. The first-order valence-electron chi connectivity index (χ1n) is 9.71. The Bertz CT molecular complexity index is 1040. The Morgan fingerprint density at radius 1 is 0.903 bits per heavy atom. The van der Waals surface area contributed by atoms with Crippen LogP contribution >= 0.6 is 12.2 Å². The van der Waals surface area contributed by atoms with Gasteiger partial charge in [0.05, 0.1) is 32.1 Å². The molecule has 0 saturated heterocycles. The van der Waals surface area contributed by atoms with Crippen molar-refractivity contribution in [3.8, 4) is 17.2 Å². The highest BCUT2D eigenvalue weighted by Gasteiger charge is 2.15. The Hall–Kier alpha value is -3.58. The molecule has 1 amide bonds. The van der Waals surface area contributed by atoms with Gasteiger partial charge in [-0.1, -0.05) is 42.5 Å². The van der Waals surface area contributed by atoms with E-state index in [1.807, 2.05) is 36.4 Å². The minimum absolute atomic E-state index is 0.135. The number of hydrogen-bond donors (Lipinski definition) is 2. The molecule has 0 saturated carbocycles. The van der Waals surface area contributed by atoms with E-state index in [2.05, 4.69) is 10.6 Å². The molecular formula is C24H24N2O4S. The van der Waals surface area contributed by atoms with Crippen molar-refractivity contribution in [2.75, 3.05) is 26.1 Å². The molecule has 0 atom stereocenters. The number of methoxy groups -OCH3 is 2. The number of anilines is 1. The first-order valence-corrected chi connectivity index (χ1v) is 10.1. The van der Waals surface area contributed by atoms with Crippen LogP contribution in [-0.4, -0.2) is 31.8 Å². The number of nitrogens with one attached hydrogen (secondary N) is 2. The van der Waals surface area contributed by atoms with Crippen molar-refractivity contribution in [1.29, 1.82) is 0 Å². The number of thiocarbonyl (C=S) groups is 1. The van der Waals surface area contributed by atoms with Gasteiger partial charge in [-0.3, -0.25) is 10.1 Å². The highest BCUT2D eigenvalue weighted by atomic mass is 32.1. The monoisotopic (exact) mass is 436 g/mol. The zero-order valence-corrected chi connectivity index (χ0v) is 18.2. The number of ether oxygens (including phenoxy) is 3. The number of benzene rings is 3. The summed E-state index contributed by atoms with van der Waals surface area (Å²) in [5, 5.41) is 5.80. The second kappa shape index (κ2) is 11.0. The fourth-order valence-corrected chi connectivity index (χ4v) is 3.14. The second-order valence-corrected chi connectivity index (χ2v) is 6.96. The van der Waals surface area contributed by atoms with Gasteiger partial charge in [0.15, 0.2) is 5.11 Å². The van der Waals surface area contributed by atoms with E-state index >= 15 is 0 Å². The molecule has 0 fully saturated rings. The van der Waals surface area contributed by atoms with E-state index in [1.165, 1.54) is 5.56 Å². The average Bonchev–Trinajstić information content (AvgIpc) is 2.80. The third-order valence-electron chi connectivity index (χ3n) is 4.50. The van der Waals surface area contributed by atoms with Crippen LogP contribution in [0.4, 0.5) is 5.69 Å². The first-order chi connectivity index (χ1) is 15.1. The van der Waals surface area contributed by atoms with Gasteiger partial charge in [-0.15, -0.1) is 0 Å². The molecule has 0 bridgehead atoms. The molecule has 0 aliphatic rings. The summed E-state index contributed by atoms with van der Waals surface area (Å²) in [6.45, 7) is 0.456. The van der Waals surface area contributed by atoms with Gasteiger partial charge in [-0.2, -0.15) is 0 Å². The van der Waals surface area contributed by atoms with Crippen LogP contribution in [0.25, 0.3) is 0 Å². The smallest absolute Gasteiger partial charge is 0.261 e. The Labute approximate surface area is 187 Å². The maximum Gasteiger partial charge on any atom is 0.261 e. The van der Waals surface area contributed by atoms with Gasteiger partial charge in [0.1, 0.15) is 17.2 Å². The van der Waals surface area contributed by atoms with Crippen molar-refractivity contribution in [3.05, 3.63) is 83.9 Å². The lowest BCUT2D eigenvalue weighted by atomic mass is 10.1. The molecule has 2 N–H and O–H groups in total. The standard InChI is InChI=1S/C24H24N2O4S/c1-28-18-12-13-22(29-2)20(16-18)25-24(31)26-23(27)19-10-6-7-11-21(19)30-15-14-17-8-4-3-5-9-17/h3-13,16H,14-15H2,1-2H3,(H2,25,26,27,31). The van der Waals surface area contributed by atoms with E-state index in [-0.39, 0.29) is 11.0 Å². The Balaban J connectivity index is 1.63. The van der Waals surface area contributed by atoms with Crippen molar-refractivity contribution in [1.82, 2.24) is 5.32 Å². The van der Waals surface area contributed by atoms with Crippen molar-refractivity contribution in [2.24, 2.45) is 0 Å². The van der Waals surface area contributed by atoms with E-state index in [9.17, 15) is 4.79 Å². The van der Waals surface area contributed by atoms with Crippen LogP contribution in [0.1, 0.15) is 15.9 Å². The number of para-hydroxylation sites is 1. The number of rotatable bonds is 8. The van der Waals surface area contributed by atoms with Gasteiger partial charge in [0.2, 0.25) is 0 Å². The van der Waals surface area contributed by atoms with Crippen LogP contribution in [0.5, 0.6) is 17.2 Å². The van der Waals surface area contributed by atoms with Gasteiger partial charge >= 0.3 is 0 Å². The third kappa shape index (κ3) is 6.20. The number of hydrogen-bond acceptors (Lipinski definition) is 5. The second-order valence-electron chi connectivity index (χ2n) is 6.55. The van der Waals surface area contributed by atoms with E-state index in [0.29, 0.717) is 35.1 Å². The molecule has 6 nitrogen and oxygen atoms in total. The van der Waals surface area contributed by atoms with E-state index in [1.54, 1.807) is 50.6 Å². The Kier molecular flexibility index (Phi) is 7.84. The Morgan fingerprint density at radius 3 is 2.39 bits per heavy atom. The topological polar surface area (TPSA) is 68.8 Å². The van der Waals surface area contributed by atoms with Gasteiger partial charge in [0.25, 0.3) is 5.91 Å². The summed E-state index contributed by atoms with van der Waals surface area (Å²) in [4.78, 5) is 12.8. The first kappa shape index (κ1) is 22.1. The molecule has 160 valence electrons. The number of amides is 1. The zero-order chi connectivity index (χ0) is 22.1. The largest absolute Gasteiger partial charge is 0.497 e. The average molecular weight is 437 g/mol. The molecule has 3 rings (SSSR count). The van der Waals surface area contributed by atoms with Crippen molar-refractivity contribution < 1.29 is 19.0 Å². The van der Waals surface area contributed by atoms with Crippen molar-refractivity contribution in [3.63, 3.8) is 0 Å². The maximum absolute atomic E-state index is 12.8. The normalized spacial score (nSPS) is 10.1. The molecule has 0 aromatic heterocycles. The van der Waals surface area contributed by atoms with Crippen LogP contribution in [0.2, 0.25) is 0 Å². The lowest BCUT2D eigenvalue weighted by molar-refractivity contribution is 0.0974. The third-order valence-corrected chi connectivity index (χ3v) is 4.71. The maximum atomic E-state index is 12.8. The summed E-state index contributed by atoms with van der Waals surface area (Å²) in [6, 6.07) is 22.4. The zero-order valence-electron chi connectivity index (χ0n) is 17.4. The van der Waals surface area contributed by atoms with E-state index < -0.39 is 0 Å². The molecule has 0 unspecified atom stereocenters. The highest BCUT2D eigenvalue weighted by Crippen LogP contribution is 2.28. The SMILES string of the molecule is COc1ccc(OC)c(NC(=S)NC(=O)c2ccccc2OCCc2ccccc2)c1. The molecule has 3 aromatic carbocycles. The van der Waals surface area contributed by atoms with Crippen LogP contribution < -0.4 is 24.8 Å². The summed E-state index contributed by atoms with van der Waals surface area (Å²) in [7, 11) is 3.12. The number of carbonyl (C=O) groups is 1. The van der Waals surface area contributed by atoms with E-state index in [0.717, 1.165) is 6.42 Å². The van der Waals surface area contributed by atoms with Gasteiger partial charge in [-0.25, -0.2) is 0 Å². The van der Waals surface area contributed by atoms with Gasteiger partial charge in [0, 0.05) is 12.5 Å². The van der Waals surface area contributed by atoms with Gasteiger partial charge < -0.3 is 19.5 Å². The quantitative estimate of drug-likeness (QED) is 0.509. The lowest BCUT2D eigenvalue weighted by Crippen LogP contribution is -2.34. The summed E-state index contributed by atoms with van der Waals surface area (Å²) in [6.07, 6.45) is 0.742. The van der Waals surface area contributed by atoms with Crippen molar-refractivity contribution >= 4 is 28.9 Å².